The minimum Gasteiger partial charge on any atom is -0.350 e. The third-order valence-electron chi connectivity index (χ3n) is 2.99. The standard InChI is InChI=1S/C13H27NO2/c1-4-14-12(7-5-6-11(2)3)10-13-15-8-9-16-13/h11-14H,4-10H2,1-3H3. The number of rotatable bonds is 8. The summed E-state index contributed by atoms with van der Waals surface area (Å²) in [7, 11) is 0. The molecule has 1 saturated heterocycles. The molecule has 0 spiro atoms. The van der Waals surface area contributed by atoms with Crippen molar-refractivity contribution in [3.05, 3.63) is 0 Å². The van der Waals surface area contributed by atoms with Crippen LogP contribution in [0.3, 0.4) is 0 Å². The highest BCUT2D eigenvalue weighted by Crippen LogP contribution is 2.15. The number of hydrogen-bond acceptors (Lipinski definition) is 3. The zero-order valence-electron chi connectivity index (χ0n) is 11.0. The molecular weight excluding hydrogens is 202 g/mol. The Balaban J connectivity index is 2.17. The van der Waals surface area contributed by atoms with E-state index in [0.717, 1.165) is 32.1 Å². The molecule has 1 aliphatic rings. The van der Waals surface area contributed by atoms with E-state index >= 15 is 0 Å². The van der Waals surface area contributed by atoms with Crippen molar-refractivity contribution in [1.82, 2.24) is 5.32 Å². The van der Waals surface area contributed by atoms with Crippen molar-refractivity contribution in [1.29, 1.82) is 0 Å². The number of ether oxygens (including phenoxy) is 2. The summed E-state index contributed by atoms with van der Waals surface area (Å²) in [5, 5.41) is 3.52. The van der Waals surface area contributed by atoms with Gasteiger partial charge in [-0.05, 0) is 18.9 Å². The summed E-state index contributed by atoms with van der Waals surface area (Å²) in [5.74, 6) is 0.807. The second-order valence-corrected chi connectivity index (χ2v) is 4.99. The molecule has 16 heavy (non-hydrogen) atoms. The molecule has 1 atom stereocenters. The Morgan fingerprint density at radius 2 is 1.88 bits per heavy atom. The Morgan fingerprint density at radius 3 is 2.44 bits per heavy atom. The van der Waals surface area contributed by atoms with E-state index in [1.807, 2.05) is 0 Å². The lowest BCUT2D eigenvalue weighted by Crippen LogP contribution is -2.33. The van der Waals surface area contributed by atoms with E-state index < -0.39 is 0 Å². The van der Waals surface area contributed by atoms with E-state index in [-0.39, 0.29) is 6.29 Å². The van der Waals surface area contributed by atoms with Gasteiger partial charge in [0.2, 0.25) is 0 Å². The molecule has 3 nitrogen and oxygen atoms in total. The lowest BCUT2D eigenvalue weighted by atomic mass is 10.0. The van der Waals surface area contributed by atoms with Gasteiger partial charge in [0.25, 0.3) is 0 Å². The van der Waals surface area contributed by atoms with Gasteiger partial charge in [-0.15, -0.1) is 0 Å². The van der Waals surface area contributed by atoms with Crippen LogP contribution in [0.15, 0.2) is 0 Å². The second kappa shape index (κ2) is 8.04. The quantitative estimate of drug-likeness (QED) is 0.694. The first kappa shape index (κ1) is 13.9. The van der Waals surface area contributed by atoms with Crippen molar-refractivity contribution in [2.45, 2.75) is 58.8 Å². The minimum atomic E-state index is 0.0306. The van der Waals surface area contributed by atoms with Gasteiger partial charge in [-0.2, -0.15) is 0 Å². The molecule has 3 heteroatoms. The molecular formula is C13H27NO2. The van der Waals surface area contributed by atoms with E-state index in [4.69, 9.17) is 9.47 Å². The van der Waals surface area contributed by atoms with Gasteiger partial charge in [0.1, 0.15) is 0 Å². The fraction of sp³-hybridized carbons (Fsp3) is 1.00. The molecule has 0 amide bonds. The molecule has 1 heterocycles. The van der Waals surface area contributed by atoms with Crippen molar-refractivity contribution >= 4 is 0 Å². The minimum absolute atomic E-state index is 0.0306. The van der Waals surface area contributed by atoms with Crippen LogP contribution >= 0.6 is 0 Å². The average Bonchev–Trinajstić information content (AvgIpc) is 2.70. The molecule has 96 valence electrons. The monoisotopic (exact) mass is 229 g/mol. The maximum atomic E-state index is 5.49. The molecule has 0 radical (unpaired) electrons. The Kier molecular flexibility index (Phi) is 7.01. The summed E-state index contributed by atoms with van der Waals surface area (Å²) in [6, 6.07) is 0.548. The molecule has 0 aromatic heterocycles. The number of hydrogen-bond donors (Lipinski definition) is 1. The molecule has 0 bridgehead atoms. The van der Waals surface area contributed by atoms with Gasteiger partial charge in [-0.3, -0.25) is 0 Å². The molecule has 1 unspecified atom stereocenters. The van der Waals surface area contributed by atoms with Crippen LogP contribution in [-0.2, 0) is 9.47 Å². The first-order valence-corrected chi connectivity index (χ1v) is 6.69. The van der Waals surface area contributed by atoms with E-state index in [2.05, 4.69) is 26.1 Å². The third kappa shape index (κ3) is 5.83. The molecule has 0 aromatic carbocycles. The van der Waals surface area contributed by atoms with Gasteiger partial charge >= 0.3 is 0 Å². The first-order valence-electron chi connectivity index (χ1n) is 6.69. The van der Waals surface area contributed by atoms with Crippen LogP contribution in [0.2, 0.25) is 0 Å². The SMILES string of the molecule is CCNC(CCCC(C)C)CC1OCCO1. The van der Waals surface area contributed by atoms with Gasteiger partial charge in [-0.25, -0.2) is 0 Å². The topological polar surface area (TPSA) is 30.5 Å². The highest BCUT2D eigenvalue weighted by atomic mass is 16.7. The third-order valence-corrected chi connectivity index (χ3v) is 2.99. The summed E-state index contributed by atoms with van der Waals surface area (Å²) >= 11 is 0. The van der Waals surface area contributed by atoms with Crippen LogP contribution in [0.25, 0.3) is 0 Å². The lowest BCUT2D eigenvalue weighted by Gasteiger charge is -2.21. The fourth-order valence-corrected chi connectivity index (χ4v) is 2.14. The predicted molar refractivity (Wildman–Crippen MR) is 66.5 cm³/mol. The van der Waals surface area contributed by atoms with Crippen LogP contribution in [0, 0.1) is 5.92 Å². The van der Waals surface area contributed by atoms with Crippen molar-refractivity contribution < 1.29 is 9.47 Å². The number of nitrogens with one attached hydrogen (secondary N) is 1. The molecule has 1 fully saturated rings. The van der Waals surface area contributed by atoms with Gasteiger partial charge in [0.15, 0.2) is 6.29 Å². The molecule has 0 saturated carbocycles. The van der Waals surface area contributed by atoms with Crippen LogP contribution in [0.4, 0.5) is 0 Å². The first-order chi connectivity index (χ1) is 7.72. The summed E-state index contributed by atoms with van der Waals surface area (Å²) in [4.78, 5) is 0. The van der Waals surface area contributed by atoms with Gasteiger partial charge < -0.3 is 14.8 Å². The summed E-state index contributed by atoms with van der Waals surface area (Å²) in [6.45, 7) is 9.27. The zero-order chi connectivity index (χ0) is 11.8. The molecule has 1 aliphatic heterocycles. The van der Waals surface area contributed by atoms with Crippen LogP contribution in [0.5, 0.6) is 0 Å². The Hall–Kier alpha value is -0.120. The fourth-order valence-electron chi connectivity index (χ4n) is 2.14. The van der Waals surface area contributed by atoms with Crippen LogP contribution < -0.4 is 5.32 Å². The molecule has 0 aromatic rings. The normalized spacial score (nSPS) is 19.5. The maximum Gasteiger partial charge on any atom is 0.159 e. The van der Waals surface area contributed by atoms with E-state index in [0.29, 0.717) is 6.04 Å². The Bertz CT molecular complexity index is 167. The second-order valence-electron chi connectivity index (χ2n) is 4.99. The highest BCUT2D eigenvalue weighted by molar-refractivity contribution is 4.70. The predicted octanol–water partition coefficient (Wildman–Crippen LogP) is 2.55. The van der Waals surface area contributed by atoms with Crippen molar-refractivity contribution in [3.8, 4) is 0 Å². The summed E-state index contributed by atoms with van der Waals surface area (Å²) in [5.41, 5.74) is 0. The van der Waals surface area contributed by atoms with Gasteiger partial charge in [0, 0.05) is 12.5 Å². The van der Waals surface area contributed by atoms with Crippen LogP contribution in [0.1, 0.15) is 46.5 Å². The summed E-state index contributed by atoms with van der Waals surface area (Å²) in [6.07, 6.45) is 4.86. The van der Waals surface area contributed by atoms with Gasteiger partial charge in [0.05, 0.1) is 13.2 Å². The zero-order valence-corrected chi connectivity index (χ0v) is 11.0. The highest BCUT2D eigenvalue weighted by Gasteiger charge is 2.20. The van der Waals surface area contributed by atoms with Gasteiger partial charge in [-0.1, -0.05) is 33.6 Å². The van der Waals surface area contributed by atoms with Crippen molar-refractivity contribution in [2.75, 3.05) is 19.8 Å². The van der Waals surface area contributed by atoms with Crippen LogP contribution in [-0.4, -0.2) is 32.1 Å². The van der Waals surface area contributed by atoms with Crippen molar-refractivity contribution in [3.63, 3.8) is 0 Å². The lowest BCUT2D eigenvalue weighted by molar-refractivity contribution is -0.0532. The molecule has 0 aliphatic carbocycles. The Morgan fingerprint density at radius 1 is 1.19 bits per heavy atom. The van der Waals surface area contributed by atoms with E-state index in [9.17, 15) is 0 Å². The maximum absolute atomic E-state index is 5.49. The summed E-state index contributed by atoms with van der Waals surface area (Å²) < 4.78 is 11.0. The largest absolute Gasteiger partial charge is 0.350 e. The molecule has 1 rings (SSSR count). The van der Waals surface area contributed by atoms with E-state index in [1.54, 1.807) is 0 Å². The average molecular weight is 229 g/mol. The Labute approximate surface area is 99.9 Å². The van der Waals surface area contributed by atoms with E-state index in [1.165, 1.54) is 19.3 Å². The van der Waals surface area contributed by atoms with Crippen molar-refractivity contribution in [2.24, 2.45) is 5.92 Å². The molecule has 1 N–H and O–H groups in total. The smallest absolute Gasteiger partial charge is 0.159 e.